The third-order valence-electron chi connectivity index (χ3n) is 4.30. The highest BCUT2D eigenvalue weighted by atomic mass is 79.9. The summed E-state index contributed by atoms with van der Waals surface area (Å²) in [5.41, 5.74) is 0.718. The van der Waals surface area contributed by atoms with Gasteiger partial charge in [0.25, 0.3) is 5.91 Å². The molecule has 2 rings (SSSR count). The van der Waals surface area contributed by atoms with Crippen LogP contribution in [0.25, 0.3) is 6.08 Å². The van der Waals surface area contributed by atoms with Crippen molar-refractivity contribution in [3.63, 3.8) is 0 Å². The smallest absolute Gasteiger partial charge is 0.340 e. The summed E-state index contributed by atoms with van der Waals surface area (Å²) in [6, 6.07) is 7.10. The number of methoxy groups -OCH3 is 1. The fourth-order valence-electron chi connectivity index (χ4n) is 2.92. The SMILES string of the molecule is CCCc1cc(C(=O)OC)c(NC(=O)/C(C#N)=C/c2cc(OCC)c(OC(C)C)cc2Br)s1. The first-order valence-electron chi connectivity index (χ1n) is 10.5. The van der Waals surface area contributed by atoms with Crippen molar-refractivity contribution in [2.75, 3.05) is 19.0 Å². The summed E-state index contributed by atoms with van der Waals surface area (Å²) in [4.78, 5) is 26.0. The molecule has 1 N–H and O–H groups in total. The first kappa shape index (κ1) is 26.4. The van der Waals surface area contributed by atoms with Gasteiger partial charge < -0.3 is 19.5 Å². The van der Waals surface area contributed by atoms with Gasteiger partial charge in [-0.2, -0.15) is 5.26 Å². The van der Waals surface area contributed by atoms with Gasteiger partial charge in [0.2, 0.25) is 0 Å². The van der Waals surface area contributed by atoms with E-state index in [9.17, 15) is 14.9 Å². The number of nitriles is 1. The molecule has 0 bridgehead atoms. The molecule has 9 heteroatoms. The molecule has 0 aliphatic heterocycles. The molecule has 7 nitrogen and oxygen atoms in total. The number of aryl methyl sites for hydroxylation is 1. The number of hydrogen-bond donors (Lipinski definition) is 1. The van der Waals surface area contributed by atoms with Crippen LogP contribution in [0.1, 0.15) is 54.9 Å². The number of ether oxygens (including phenoxy) is 3. The van der Waals surface area contributed by atoms with Crippen molar-refractivity contribution >= 4 is 50.2 Å². The van der Waals surface area contributed by atoms with Gasteiger partial charge in [0, 0.05) is 9.35 Å². The number of amides is 1. The second kappa shape index (κ2) is 12.4. The van der Waals surface area contributed by atoms with E-state index in [4.69, 9.17) is 14.2 Å². The van der Waals surface area contributed by atoms with E-state index in [0.29, 0.717) is 33.1 Å². The predicted octanol–water partition coefficient (Wildman–Crippen LogP) is 5.98. The standard InChI is InChI=1S/C24H27BrN2O5S/c1-6-8-17-11-18(24(29)30-5)23(33-17)27-22(28)16(13-26)9-15-10-20(31-7-2)21(12-19(15)25)32-14(3)4/h9-12,14H,6-8H2,1-5H3,(H,27,28)/b16-9+. The molecule has 0 radical (unpaired) electrons. The van der Waals surface area contributed by atoms with Gasteiger partial charge >= 0.3 is 5.97 Å². The largest absolute Gasteiger partial charge is 0.490 e. The van der Waals surface area contributed by atoms with E-state index >= 15 is 0 Å². The molecule has 1 amide bonds. The Morgan fingerprint density at radius 2 is 1.97 bits per heavy atom. The van der Waals surface area contributed by atoms with Gasteiger partial charge in [0.05, 0.1) is 25.4 Å². The molecule has 0 aliphatic rings. The lowest BCUT2D eigenvalue weighted by Gasteiger charge is -2.16. The molecular formula is C24H27BrN2O5S. The summed E-state index contributed by atoms with van der Waals surface area (Å²) in [5.74, 6) is -0.103. The maximum Gasteiger partial charge on any atom is 0.340 e. The summed E-state index contributed by atoms with van der Waals surface area (Å²) < 4.78 is 16.9. The maximum atomic E-state index is 12.9. The lowest BCUT2D eigenvalue weighted by Crippen LogP contribution is -2.15. The topological polar surface area (TPSA) is 97.7 Å². The number of rotatable bonds is 10. The normalized spacial score (nSPS) is 11.2. The van der Waals surface area contributed by atoms with Crippen molar-refractivity contribution < 1.29 is 23.8 Å². The van der Waals surface area contributed by atoms with Crippen LogP contribution in [-0.4, -0.2) is 31.7 Å². The number of hydrogen-bond acceptors (Lipinski definition) is 7. The third kappa shape index (κ3) is 7.07. The fourth-order valence-corrected chi connectivity index (χ4v) is 4.49. The van der Waals surface area contributed by atoms with Gasteiger partial charge in [0.1, 0.15) is 16.6 Å². The Bertz CT molecular complexity index is 1090. The average molecular weight is 535 g/mol. The van der Waals surface area contributed by atoms with Crippen LogP contribution in [0.4, 0.5) is 5.00 Å². The van der Waals surface area contributed by atoms with Gasteiger partial charge in [-0.15, -0.1) is 11.3 Å². The summed E-state index contributed by atoms with van der Waals surface area (Å²) in [6.07, 6.45) is 3.07. The number of benzene rings is 1. The molecule has 0 saturated heterocycles. The zero-order chi connectivity index (χ0) is 24.5. The molecule has 1 heterocycles. The number of nitrogens with one attached hydrogen (secondary N) is 1. The number of nitrogens with zero attached hydrogens (tertiary/aromatic N) is 1. The Morgan fingerprint density at radius 1 is 1.24 bits per heavy atom. The van der Waals surface area contributed by atoms with Crippen molar-refractivity contribution in [3.8, 4) is 17.6 Å². The van der Waals surface area contributed by atoms with Gasteiger partial charge in [-0.05, 0) is 57.0 Å². The minimum atomic E-state index is -0.625. The Hall–Kier alpha value is -2.83. The van der Waals surface area contributed by atoms with Crippen LogP contribution >= 0.6 is 27.3 Å². The molecule has 0 unspecified atom stereocenters. The van der Waals surface area contributed by atoms with Crippen molar-refractivity contribution in [1.82, 2.24) is 0 Å². The minimum absolute atomic E-state index is 0.0506. The van der Waals surface area contributed by atoms with Gasteiger partial charge in [-0.25, -0.2) is 4.79 Å². The van der Waals surface area contributed by atoms with Gasteiger partial charge in [-0.3, -0.25) is 4.79 Å². The Labute approximate surface area is 206 Å². The Kier molecular flexibility index (Phi) is 9.95. The number of carbonyl (C=O) groups excluding carboxylic acids is 2. The molecule has 0 fully saturated rings. The van der Waals surface area contributed by atoms with E-state index in [0.717, 1.165) is 17.7 Å². The van der Waals surface area contributed by atoms with Crippen LogP contribution < -0.4 is 14.8 Å². The molecule has 0 atom stereocenters. The van der Waals surface area contributed by atoms with Crippen LogP contribution in [0.2, 0.25) is 0 Å². The fraction of sp³-hybridized carbons (Fsp3) is 0.375. The zero-order valence-corrected chi connectivity index (χ0v) is 21.7. The number of carbonyl (C=O) groups is 2. The summed E-state index contributed by atoms with van der Waals surface area (Å²) in [7, 11) is 1.28. The lowest BCUT2D eigenvalue weighted by molar-refractivity contribution is -0.112. The first-order valence-corrected chi connectivity index (χ1v) is 12.1. The average Bonchev–Trinajstić information content (AvgIpc) is 3.16. The molecule has 0 saturated carbocycles. The Morgan fingerprint density at radius 3 is 2.55 bits per heavy atom. The summed E-state index contributed by atoms with van der Waals surface area (Å²) in [5, 5.41) is 12.7. The zero-order valence-electron chi connectivity index (χ0n) is 19.3. The van der Waals surface area contributed by atoms with E-state index in [1.807, 2.05) is 33.8 Å². The van der Waals surface area contributed by atoms with Crippen molar-refractivity contribution in [2.24, 2.45) is 0 Å². The molecule has 2 aromatic rings. The molecule has 1 aromatic heterocycles. The van der Waals surface area contributed by atoms with Crippen molar-refractivity contribution in [2.45, 2.75) is 46.6 Å². The van der Waals surface area contributed by atoms with Crippen LogP contribution in [-0.2, 0) is 16.0 Å². The highest BCUT2D eigenvalue weighted by molar-refractivity contribution is 9.10. The van der Waals surface area contributed by atoms with E-state index in [2.05, 4.69) is 21.2 Å². The van der Waals surface area contributed by atoms with Gasteiger partial charge in [-0.1, -0.05) is 29.3 Å². The number of halogens is 1. The number of esters is 1. The number of anilines is 1. The predicted molar refractivity (Wildman–Crippen MR) is 133 cm³/mol. The van der Waals surface area contributed by atoms with E-state index in [1.54, 1.807) is 18.2 Å². The van der Waals surface area contributed by atoms with Crippen LogP contribution in [0.15, 0.2) is 28.2 Å². The first-order chi connectivity index (χ1) is 15.7. The minimum Gasteiger partial charge on any atom is -0.490 e. The molecule has 1 aromatic carbocycles. The number of thiophene rings is 1. The van der Waals surface area contributed by atoms with Crippen LogP contribution in [0.3, 0.4) is 0 Å². The second-order valence-corrected chi connectivity index (χ2v) is 9.23. The van der Waals surface area contributed by atoms with Crippen molar-refractivity contribution in [1.29, 1.82) is 5.26 Å². The quantitative estimate of drug-likeness (QED) is 0.228. The van der Waals surface area contributed by atoms with Crippen molar-refractivity contribution in [3.05, 3.63) is 44.2 Å². The molecular weight excluding hydrogens is 508 g/mol. The third-order valence-corrected chi connectivity index (χ3v) is 6.10. The highest BCUT2D eigenvalue weighted by Gasteiger charge is 2.21. The monoisotopic (exact) mass is 534 g/mol. The summed E-state index contributed by atoms with van der Waals surface area (Å²) >= 11 is 4.77. The molecule has 0 aliphatic carbocycles. The Balaban J connectivity index is 2.40. The summed E-state index contributed by atoms with van der Waals surface area (Å²) in [6.45, 7) is 8.14. The van der Waals surface area contributed by atoms with Crippen LogP contribution in [0.5, 0.6) is 11.5 Å². The van der Waals surface area contributed by atoms with E-state index in [-0.39, 0.29) is 17.2 Å². The molecule has 176 valence electrons. The second-order valence-electron chi connectivity index (χ2n) is 7.24. The van der Waals surface area contributed by atoms with Crippen LogP contribution in [0, 0.1) is 11.3 Å². The highest BCUT2D eigenvalue weighted by Crippen LogP contribution is 2.36. The van der Waals surface area contributed by atoms with Gasteiger partial charge in [0.15, 0.2) is 11.5 Å². The maximum absolute atomic E-state index is 12.9. The van der Waals surface area contributed by atoms with E-state index in [1.165, 1.54) is 24.5 Å². The van der Waals surface area contributed by atoms with E-state index < -0.39 is 11.9 Å². The molecule has 0 spiro atoms. The molecule has 33 heavy (non-hydrogen) atoms. The lowest BCUT2D eigenvalue weighted by atomic mass is 10.1.